The van der Waals surface area contributed by atoms with Crippen molar-refractivity contribution in [2.45, 2.75) is 40.2 Å². The Morgan fingerprint density at radius 3 is 2.56 bits per heavy atom. The lowest BCUT2D eigenvalue weighted by atomic mass is 9.95. The molecule has 0 aliphatic carbocycles. The number of thiazole rings is 1. The van der Waals surface area contributed by atoms with Gasteiger partial charge in [-0.25, -0.2) is 9.79 Å². The predicted molar refractivity (Wildman–Crippen MR) is 134 cm³/mol. The molecule has 0 saturated heterocycles. The smallest absolute Gasteiger partial charge is 0.338 e. The molecule has 7 heteroatoms. The molecule has 3 aromatic rings. The molecule has 1 aliphatic heterocycles. The molecule has 6 nitrogen and oxygen atoms in total. The lowest BCUT2D eigenvalue weighted by Crippen LogP contribution is -2.39. The maximum atomic E-state index is 13.7. The lowest BCUT2D eigenvalue weighted by Gasteiger charge is -2.24. The van der Waals surface area contributed by atoms with E-state index in [1.54, 1.807) is 18.4 Å². The van der Waals surface area contributed by atoms with Crippen LogP contribution in [0, 0.1) is 6.92 Å². The molecule has 0 bridgehead atoms. The number of ether oxygens (including phenoxy) is 2. The molecule has 2 heterocycles. The number of hydrogen-bond acceptors (Lipinski definition) is 6. The number of allylic oxidation sites excluding steroid dienone is 1. The summed E-state index contributed by atoms with van der Waals surface area (Å²) in [5.41, 5.74) is 3.50. The Hall–Kier alpha value is -3.45. The van der Waals surface area contributed by atoms with Crippen molar-refractivity contribution in [2.24, 2.45) is 4.99 Å². The van der Waals surface area contributed by atoms with Crippen LogP contribution in [0.1, 0.15) is 49.9 Å². The highest BCUT2D eigenvalue weighted by atomic mass is 32.1. The van der Waals surface area contributed by atoms with Gasteiger partial charge in [0.15, 0.2) is 4.80 Å². The van der Waals surface area contributed by atoms with Crippen LogP contribution in [0.2, 0.25) is 0 Å². The van der Waals surface area contributed by atoms with E-state index < -0.39 is 12.0 Å². The van der Waals surface area contributed by atoms with Gasteiger partial charge >= 0.3 is 5.97 Å². The van der Waals surface area contributed by atoms with Gasteiger partial charge in [0.05, 0.1) is 35.1 Å². The third-order valence-corrected chi connectivity index (χ3v) is 6.56. The highest BCUT2D eigenvalue weighted by Gasteiger charge is 2.33. The van der Waals surface area contributed by atoms with E-state index in [1.165, 1.54) is 11.3 Å². The first kappa shape index (κ1) is 23.7. The second-order valence-corrected chi connectivity index (χ2v) is 9.11. The number of aryl methyl sites for hydroxylation is 1. The zero-order valence-electron chi connectivity index (χ0n) is 19.8. The Morgan fingerprint density at radius 1 is 1.12 bits per heavy atom. The molecular formula is C27H28N2O4S. The SMILES string of the molecule is CCCOc1ccccc1/C=c1\sc2n(c1=O)[C@H](c1ccc(C)cc1)C(C(=O)OCC)=C(C)N=2. The summed E-state index contributed by atoms with van der Waals surface area (Å²) >= 11 is 1.31. The van der Waals surface area contributed by atoms with Gasteiger partial charge in [-0.3, -0.25) is 9.36 Å². The molecule has 0 radical (unpaired) electrons. The van der Waals surface area contributed by atoms with E-state index in [2.05, 4.69) is 11.9 Å². The number of carbonyl (C=O) groups excluding carboxylic acids is 1. The van der Waals surface area contributed by atoms with Crippen LogP contribution in [0.3, 0.4) is 0 Å². The first-order chi connectivity index (χ1) is 16.4. The maximum Gasteiger partial charge on any atom is 0.338 e. The summed E-state index contributed by atoms with van der Waals surface area (Å²) in [5.74, 6) is 0.274. The zero-order valence-corrected chi connectivity index (χ0v) is 20.6. The molecule has 1 aliphatic rings. The quantitative estimate of drug-likeness (QED) is 0.485. The van der Waals surface area contributed by atoms with Crippen molar-refractivity contribution in [1.82, 2.24) is 4.57 Å². The number of para-hydroxylation sites is 1. The summed E-state index contributed by atoms with van der Waals surface area (Å²) in [6.45, 7) is 8.45. The number of esters is 1. The van der Waals surface area contributed by atoms with E-state index in [1.807, 2.05) is 61.5 Å². The fourth-order valence-corrected chi connectivity index (χ4v) is 4.98. The van der Waals surface area contributed by atoms with Crippen molar-refractivity contribution in [3.8, 4) is 5.75 Å². The summed E-state index contributed by atoms with van der Waals surface area (Å²) in [7, 11) is 0. The standard InChI is InChI=1S/C27H28N2O4S/c1-5-15-33-21-10-8-7-9-20(21)16-22-25(30)29-24(19-13-11-17(3)12-14-19)23(26(31)32-6-2)18(4)28-27(29)34-22/h7-14,16,24H,5-6,15H2,1-4H3/b22-16-/t24-/m1/s1. The van der Waals surface area contributed by atoms with Crippen LogP contribution in [0.25, 0.3) is 6.08 Å². The number of benzene rings is 2. The molecule has 0 unspecified atom stereocenters. The van der Waals surface area contributed by atoms with E-state index >= 15 is 0 Å². The molecule has 0 amide bonds. The second-order valence-electron chi connectivity index (χ2n) is 8.10. The monoisotopic (exact) mass is 476 g/mol. The number of aromatic nitrogens is 1. The molecule has 2 aromatic carbocycles. The molecule has 176 valence electrons. The van der Waals surface area contributed by atoms with Crippen molar-refractivity contribution in [2.75, 3.05) is 13.2 Å². The Kier molecular flexibility index (Phi) is 7.12. The van der Waals surface area contributed by atoms with Gasteiger partial charge in [0, 0.05) is 5.56 Å². The molecule has 0 fully saturated rings. The first-order valence-electron chi connectivity index (χ1n) is 11.4. The predicted octanol–water partition coefficient (Wildman–Crippen LogP) is 3.90. The largest absolute Gasteiger partial charge is 0.493 e. The second kappa shape index (κ2) is 10.2. The molecule has 0 spiro atoms. The summed E-state index contributed by atoms with van der Waals surface area (Å²) in [6, 6.07) is 14.9. The van der Waals surface area contributed by atoms with E-state index in [0.29, 0.717) is 27.2 Å². The Labute approximate surface area is 202 Å². The Morgan fingerprint density at radius 2 is 1.85 bits per heavy atom. The Balaban J connectivity index is 1.92. The van der Waals surface area contributed by atoms with Gasteiger partial charge < -0.3 is 9.47 Å². The number of fused-ring (bicyclic) bond motifs is 1. The van der Waals surface area contributed by atoms with Crippen LogP contribution in [0.5, 0.6) is 5.75 Å². The molecule has 1 atom stereocenters. The van der Waals surface area contributed by atoms with Crippen molar-refractivity contribution >= 4 is 23.4 Å². The summed E-state index contributed by atoms with van der Waals surface area (Å²) in [4.78, 5) is 31.8. The van der Waals surface area contributed by atoms with Crippen molar-refractivity contribution in [3.63, 3.8) is 0 Å². The van der Waals surface area contributed by atoms with Crippen molar-refractivity contribution in [3.05, 3.63) is 96.2 Å². The first-order valence-corrected chi connectivity index (χ1v) is 12.2. The van der Waals surface area contributed by atoms with Gasteiger partial charge in [0.2, 0.25) is 0 Å². The molecule has 0 saturated carbocycles. The van der Waals surface area contributed by atoms with E-state index in [4.69, 9.17) is 9.47 Å². The molecular weight excluding hydrogens is 448 g/mol. The third kappa shape index (κ3) is 4.61. The minimum atomic E-state index is -0.607. The third-order valence-electron chi connectivity index (χ3n) is 5.58. The van der Waals surface area contributed by atoms with Gasteiger partial charge in [0.1, 0.15) is 5.75 Å². The molecule has 4 rings (SSSR count). The highest BCUT2D eigenvalue weighted by molar-refractivity contribution is 7.07. The fraction of sp³-hybridized carbons (Fsp3) is 0.296. The van der Waals surface area contributed by atoms with Crippen molar-refractivity contribution in [1.29, 1.82) is 0 Å². The van der Waals surface area contributed by atoms with Crippen LogP contribution < -0.4 is 19.6 Å². The fourth-order valence-electron chi connectivity index (χ4n) is 3.94. The molecule has 0 N–H and O–H groups in total. The minimum Gasteiger partial charge on any atom is -0.493 e. The average molecular weight is 477 g/mol. The van der Waals surface area contributed by atoms with Gasteiger partial charge in [-0.2, -0.15) is 0 Å². The average Bonchev–Trinajstić information content (AvgIpc) is 3.12. The van der Waals surface area contributed by atoms with Crippen LogP contribution >= 0.6 is 11.3 Å². The van der Waals surface area contributed by atoms with Crippen LogP contribution in [0.15, 0.2) is 69.6 Å². The Bertz CT molecular complexity index is 1410. The van der Waals surface area contributed by atoms with E-state index in [9.17, 15) is 9.59 Å². The van der Waals surface area contributed by atoms with Gasteiger partial charge in [-0.1, -0.05) is 66.3 Å². The van der Waals surface area contributed by atoms with Crippen LogP contribution in [-0.4, -0.2) is 23.8 Å². The van der Waals surface area contributed by atoms with Crippen molar-refractivity contribution < 1.29 is 14.3 Å². The summed E-state index contributed by atoms with van der Waals surface area (Å²) in [6.07, 6.45) is 2.73. The highest BCUT2D eigenvalue weighted by Crippen LogP contribution is 2.31. The minimum absolute atomic E-state index is 0.200. The molecule has 1 aromatic heterocycles. The van der Waals surface area contributed by atoms with Crippen LogP contribution in [0.4, 0.5) is 0 Å². The number of rotatable bonds is 7. The number of carbonyl (C=O) groups is 1. The zero-order chi connectivity index (χ0) is 24.2. The maximum absolute atomic E-state index is 13.7. The van der Waals surface area contributed by atoms with Gasteiger partial charge in [-0.05, 0) is 44.9 Å². The normalized spacial score (nSPS) is 15.6. The van der Waals surface area contributed by atoms with Crippen LogP contribution in [-0.2, 0) is 9.53 Å². The number of nitrogens with zero attached hydrogens (tertiary/aromatic N) is 2. The van der Waals surface area contributed by atoms with Gasteiger partial charge in [0.25, 0.3) is 5.56 Å². The summed E-state index contributed by atoms with van der Waals surface area (Å²) in [5, 5.41) is 0. The topological polar surface area (TPSA) is 69.9 Å². The summed E-state index contributed by atoms with van der Waals surface area (Å²) < 4.78 is 13.3. The molecule has 34 heavy (non-hydrogen) atoms. The number of hydrogen-bond donors (Lipinski definition) is 0. The lowest BCUT2D eigenvalue weighted by molar-refractivity contribution is -0.139. The van der Waals surface area contributed by atoms with E-state index in [-0.39, 0.29) is 12.2 Å². The van der Waals surface area contributed by atoms with Gasteiger partial charge in [-0.15, -0.1) is 0 Å². The van der Waals surface area contributed by atoms with E-state index in [0.717, 1.165) is 28.9 Å².